The van der Waals surface area contributed by atoms with Crippen LogP contribution in [0.15, 0.2) is 53.1 Å². The van der Waals surface area contributed by atoms with Gasteiger partial charge < -0.3 is 24.1 Å². The lowest BCUT2D eigenvalue weighted by Crippen LogP contribution is -2.50. The molecule has 0 radical (unpaired) electrons. The van der Waals surface area contributed by atoms with Gasteiger partial charge >= 0.3 is 6.03 Å². The van der Waals surface area contributed by atoms with Crippen molar-refractivity contribution >= 4 is 29.2 Å². The van der Waals surface area contributed by atoms with Crippen LogP contribution in [-0.4, -0.2) is 67.2 Å². The first-order valence-electron chi connectivity index (χ1n) is 13.4. The number of aryl methyl sites for hydroxylation is 2. The maximum Gasteiger partial charge on any atom is 0.322 e. The highest BCUT2D eigenvalue weighted by Crippen LogP contribution is 2.30. The largest absolute Gasteiger partial charge is 0.420 e. The lowest BCUT2D eigenvalue weighted by Gasteiger charge is -2.37. The fourth-order valence-electron chi connectivity index (χ4n) is 5.57. The van der Waals surface area contributed by atoms with Gasteiger partial charge in [0.15, 0.2) is 0 Å². The second-order valence-corrected chi connectivity index (χ2v) is 10.8. The molecule has 2 aliphatic rings. The van der Waals surface area contributed by atoms with Crippen molar-refractivity contribution in [3.63, 3.8) is 0 Å². The number of rotatable bonds is 5. The summed E-state index contributed by atoms with van der Waals surface area (Å²) in [7, 11) is 1.93. The topological polar surface area (TPSA) is 109 Å². The van der Waals surface area contributed by atoms with Crippen molar-refractivity contribution in [2.45, 2.75) is 38.6 Å². The van der Waals surface area contributed by atoms with E-state index in [1.807, 2.05) is 64.9 Å². The van der Waals surface area contributed by atoms with Crippen LogP contribution in [0.25, 0.3) is 22.8 Å². The van der Waals surface area contributed by atoms with E-state index in [2.05, 4.69) is 26.6 Å². The van der Waals surface area contributed by atoms with Gasteiger partial charge in [-0.05, 0) is 56.0 Å². The minimum absolute atomic E-state index is 0.0170. The lowest BCUT2D eigenvalue weighted by atomic mass is 10.0. The fraction of sp³-hybridized carbons (Fsp3) is 0.345. The highest BCUT2D eigenvalue weighted by atomic mass is 35.5. The zero-order valence-corrected chi connectivity index (χ0v) is 23.2. The lowest BCUT2D eigenvalue weighted by molar-refractivity contribution is -0.132. The van der Waals surface area contributed by atoms with Crippen molar-refractivity contribution in [1.82, 2.24) is 29.5 Å². The molecular weight excluding hydrogens is 530 g/mol. The molecule has 4 heterocycles. The number of nitrogens with zero attached hydrogens (tertiary/aromatic N) is 6. The van der Waals surface area contributed by atoms with Gasteiger partial charge in [-0.1, -0.05) is 29.8 Å². The third kappa shape index (κ3) is 5.31. The van der Waals surface area contributed by atoms with Gasteiger partial charge in [0.25, 0.3) is 0 Å². The van der Waals surface area contributed by atoms with E-state index >= 15 is 0 Å². The van der Waals surface area contributed by atoms with Crippen molar-refractivity contribution in [3.8, 4) is 22.8 Å². The van der Waals surface area contributed by atoms with Crippen molar-refractivity contribution in [2.24, 2.45) is 7.05 Å². The summed E-state index contributed by atoms with van der Waals surface area (Å²) in [4.78, 5) is 34.3. The molecule has 1 saturated heterocycles. The number of urea groups is 1. The maximum atomic E-state index is 13.1. The number of hydrogen-bond donors (Lipinski definition) is 1. The first-order valence-corrected chi connectivity index (χ1v) is 13.8. The predicted molar refractivity (Wildman–Crippen MR) is 151 cm³/mol. The minimum atomic E-state index is -0.0738. The maximum absolute atomic E-state index is 13.1. The number of nitrogens with one attached hydrogen (secondary N) is 1. The van der Waals surface area contributed by atoms with Crippen LogP contribution in [-0.2, 0) is 24.7 Å². The minimum Gasteiger partial charge on any atom is -0.420 e. The van der Waals surface area contributed by atoms with Gasteiger partial charge in [0.2, 0.25) is 17.7 Å². The Morgan fingerprint density at radius 1 is 1.10 bits per heavy atom. The van der Waals surface area contributed by atoms with E-state index in [4.69, 9.17) is 16.0 Å². The number of fused-ring (bicyclic) bond motifs is 1. The van der Waals surface area contributed by atoms with Crippen molar-refractivity contribution in [3.05, 3.63) is 70.8 Å². The molecular formula is C29H30ClN7O3. The Balaban J connectivity index is 1.07. The molecule has 206 valence electrons. The molecule has 3 amide bonds. The number of likely N-dealkylation sites (tertiary alicyclic amines) is 1. The summed E-state index contributed by atoms with van der Waals surface area (Å²) in [6, 6.07) is 13.4. The van der Waals surface area contributed by atoms with Crippen LogP contribution in [0.2, 0.25) is 5.02 Å². The van der Waals surface area contributed by atoms with Gasteiger partial charge in [0.1, 0.15) is 12.2 Å². The molecule has 4 aromatic rings. The summed E-state index contributed by atoms with van der Waals surface area (Å²) in [5, 5.41) is 11.9. The Morgan fingerprint density at radius 3 is 2.65 bits per heavy atom. The number of para-hydroxylation sites is 1. The number of piperidine rings is 1. The molecule has 2 aliphatic heterocycles. The van der Waals surface area contributed by atoms with Crippen molar-refractivity contribution in [2.75, 3.05) is 25.0 Å². The Hall–Kier alpha value is -4.18. The van der Waals surface area contributed by atoms with Crippen molar-refractivity contribution < 1.29 is 14.0 Å². The summed E-state index contributed by atoms with van der Waals surface area (Å²) >= 11 is 6.40. The Labute approximate surface area is 237 Å². The van der Waals surface area contributed by atoms with Crippen LogP contribution in [0.1, 0.15) is 30.0 Å². The number of imidazole rings is 1. The number of aromatic nitrogens is 4. The summed E-state index contributed by atoms with van der Waals surface area (Å²) in [6.45, 7) is 3.74. The van der Waals surface area contributed by atoms with E-state index in [1.165, 1.54) is 0 Å². The molecule has 2 aromatic carbocycles. The molecule has 0 saturated carbocycles. The fourth-order valence-corrected chi connectivity index (χ4v) is 5.81. The second-order valence-electron chi connectivity index (χ2n) is 10.4. The number of hydrogen-bond acceptors (Lipinski definition) is 6. The van der Waals surface area contributed by atoms with Crippen LogP contribution in [0, 0.1) is 6.92 Å². The van der Waals surface area contributed by atoms with Gasteiger partial charge in [-0.25, -0.2) is 9.78 Å². The second kappa shape index (κ2) is 10.8. The highest BCUT2D eigenvalue weighted by Gasteiger charge is 2.31. The number of carbonyl (C=O) groups excluding carboxylic acids is 2. The standard InChI is InChI=1S/C29H30ClN7O3/c1-18-17-35(2)27(31-18)20-13-21(15-22(30)14-20)28-34-33-25(40-28)16-26(38)36-10-8-23(9-11-36)37-12-7-19-5-3-4-6-24(19)32-29(37)39/h3-6,13-15,17,23H,7-12,16H2,1-2H3,(H,32,39). The zero-order valence-electron chi connectivity index (χ0n) is 22.4. The number of halogens is 1. The van der Waals surface area contributed by atoms with E-state index in [0.29, 0.717) is 36.1 Å². The first kappa shape index (κ1) is 26.1. The molecule has 2 aromatic heterocycles. The van der Waals surface area contributed by atoms with Crippen LogP contribution >= 0.6 is 11.6 Å². The SMILES string of the molecule is Cc1cn(C)c(-c2cc(Cl)cc(-c3nnc(CC(=O)N4CCC(N5CCc6ccccc6NC5=O)CC4)o3)c2)n1. The average Bonchev–Trinajstić information content (AvgIpc) is 3.50. The quantitative estimate of drug-likeness (QED) is 0.379. The smallest absolute Gasteiger partial charge is 0.322 e. The van der Waals surface area contributed by atoms with Crippen LogP contribution in [0.4, 0.5) is 10.5 Å². The predicted octanol–water partition coefficient (Wildman–Crippen LogP) is 4.72. The third-order valence-electron chi connectivity index (χ3n) is 7.57. The molecule has 0 bridgehead atoms. The Morgan fingerprint density at radius 2 is 1.88 bits per heavy atom. The van der Waals surface area contributed by atoms with Crippen molar-refractivity contribution in [1.29, 1.82) is 0 Å². The van der Waals surface area contributed by atoms with Crippen LogP contribution < -0.4 is 5.32 Å². The van der Waals surface area contributed by atoms with E-state index in [1.54, 1.807) is 6.07 Å². The van der Waals surface area contributed by atoms with E-state index in [-0.39, 0.29) is 30.3 Å². The molecule has 1 fully saturated rings. The molecule has 1 N–H and O–H groups in total. The van der Waals surface area contributed by atoms with Gasteiger partial charge in [0.05, 0.1) is 5.69 Å². The number of carbonyl (C=O) groups is 2. The van der Waals surface area contributed by atoms with E-state index in [0.717, 1.165) is 47.6 Å². The molecule has 6 rings (SSSR count). The third-order valence-corrected chi connectivity index (χ3v) is 7.79. The number of amides is 3. The molecule has 0 aliphatic carbocycles. The summed E-state index contributed by atoms with van der Waals surface area (Å²) in [5.41, 5.74) is 4.42. The molecule has 0 atom stereocenters. The van der Waals surface area contributed by atoms with Gasteiger partial charge in [-0.2, -0.15) is 0 Å². The Bertz CT molecular complexity index is 1570. The van der Waals surface area contributed by atoms with Gasteiger partial charge in [-0.3, -0.25) is 4.79 Å². The molecule has 10 nitrogen and oxygen atoms in total. The molecule has 11 heteroatoms. The molecule has 0 unspecified atom stereocenters. The van der Waals surface area contributed by atoms with E-state index in [9.17, 15) is 9.59 Å². The Kier molecular flexibility index (Phi) is 7.02. The normalized spacial score (nSPS) is 16.0. The monoisotopic (exact) mass is 559 g/mol. The van der Waals surface area contributed by atoms with Gasteiger partial charge in [-0.15, -0.1) is 10.2 Å². The molecule has 40 heavy (non-hydrogen) atoms. The number of anilines is 1. The van der Waals surface area contributed by atoms with Crippen LogP contribution in [0.5, 0.6) is 0 Å². The average molecular weight is 560 g/mol. The van der Waals surface area contributed by atoms with Crippen LogP contribution in [0.3, 0.4) is 0 Å². The highest BCUT2D eigenvalue weighted by molar-refractivity contribution is 6.31. The van der Waals surface area contributed by atoms with Gasteiger partial charge in [0, 0.05) is 60.8 Å². The number of benzene rings is 2. The summed E-state index contributed by atoms with van der Waals surface area (Å²) < 4.78 is 7.81. The summed E-state index contributed by atoms with van der Waals surface area (Å²) in [6.07, 6.45) is 4.22. The van der Waals surface area contributed by atoms with E-state index < -0.39 is 0 Å². The zero-order chi connectivity index (χ0) is 27.8. The summed E-state index contributed by atoms with van der Waals surface area (Å²) in [5.74, 6) is 1.25. The molecule has 0 spiro atoms. The first-order chi connectivity index (χ1) is 19.3.